The van der Waals surface area contributed by atoms with Crippen molar-refractivity contribution >= 4 is 7.60 Å². The Hall–Kier alpha value is -0.110. The summed E-state index contributed by atoms with van der Waals surface area (Å²) in [6.45, 7) is 5.28. The standard InChI is InChI=1S/C14H27O3P/c1-3-5-12-16-18(15,17-13-6-4-2)14-10-8-7-9-11-14/h10H,3-9,11-13H2,1-2H3. The molecule has 3 nitrogen and oxygen atoms in total. The lowest BCUT2D eigenvalue weighted by atomic mass is 10.1. The highest BCUT2D eigenvalue weighted by Crippen LogP contribution is 2.59. The molecule has 106 valence electrons. The van der Waals surface area contributed by atoms with Gasteiger partial charge in [-0.1, -0.05) is 32.8 Å². The second kappa shape index (κ2) is 8.90. The molecule has 0 fully saturated rings. The average molecular weight is 274 g/mol. The third-order valence-electron chi connectivity index (χ3n) is 3.14. The maximum atomic E-state index is 12.8. The van der Waals surface area contributed by atoms with E-state index in [1.54, 1.807) is 0 Å². The molecule has 0 aromatic rings. The molecule has 0 atom stereocenters. The number of allylic oxidation sites excluding steroid dienone is 2. The van der Waals surface area contributed by atoms with Gasteiger partial charge in [0.25, 0.3) is 0 Å². The van der Waals surface area contributed by atoms with Crippen molar-refractivity contribution in [1.29, 1.82) is 0 Å². The second-order valence-corrected chi connectivity index (χ2v) is 6.90. The molecule has 0 N–H and O–H groups in total. The van der Waals surface area contributed by atoms with E-state index < -0.39 is 7.60 Å². The van der Waals surface area contributed by atoms with Crippen LogP contribution in [0.25, 0.3) is 0 Å². The molecule has 0 unspecified atom stereocenters. The summed E-state index contributed by atoms with van der Waals surface area (Å²) >= 11 is 0. The van der Waals surface area contributed by atoms with Gasteiger partial charge in [0.2, 0.25) is 0 Å². The van der Waals surface area contributed by atoms with Crippen molar-refractivity contribution in [3.05, 3.63) is 11.4 Å². The number of hydrogen-bond donors (Lipinski definition) is 0. The van der Waals surface area contributed by atoms with Crippen LogP contribution in [0, 0.1) is 0 Å². The molecule has 4 heteroatoms. The Balaban J connectivity index is 2.59. The molecule has 0 aromatic heterocycles. The van der Waals surface area contributed by atoms with Gasteiger partial charge in [-0.2, -0.15) is 0 Å². The van der Waals surface area contributed by atoms with Gasteiger partial charge in [0.15, 0.2) is 0 Å². The minimum absolute atomic E-state index is 0.539. The highest BCUT2D eigenvalue weighted by molar-refractivity contribution is 7.58. The van der Waals surface area contributed by atoms with Gasteiger partial charge in [-0.3, -0.25) is 4.57 Å². The number of hydrogen-bond acceptors (Lipinski definition) is 3. The fraction of sp³-hybridized carbons (Fsp3) is 0.857. The van der Waals surface area contributed by atoms with Crippen molar-refractivity contribution in [3.8, 4) is 0 Å². The average Bonchev–Trinajstić information content (AvgIpc) is 2.40. The highest BCUT2D eigenvalue weighted by Gasteiger charge is 2.30. The van der Waals surface area contributed by atoms with Crippen molar-refractivity contribution in [2.45, 2.75) is 65.2 Å². The Morgan fingerprint density at radius 3 is 2.17 bits per heavy atom. The molecule has 0 spiro atoms. The Labute approximate surface area is 111 Å². The van der Waals surface area contributed by atoms with E-state index in [9.17, 15) is 4.57 Å². The van der Waals surface area contributed by atoms with Crippen LogP contribution < -0.4 is 0 Å². The van der Waals surface area contributed by atoms with E-state index in [4.69, 9.17) is 9.05 Å². The van der Waals surface area contributed by atoms with Crippen LogP contribution in [0.4, 0.5) is 0 Å². The van der Waals surface area contributed by atoms with Gasteiger partial charge in [-0.05, 0) is 38.5 Å². The van der Waals surface area contributed by atoms with Gasteiger partial charge < -0.3 is 9.05 Å². The maximum Gasteiger partial charge on any atom is 0.357 e. The summed E-state index contributed by atoms with van der Waals surface area (Å²) < 4.78 is 24.0. The van der Waals surface area contributed by atoms with E-state index in [2.05, 4.69) is 19.9 Å². The van der Waals surface area contributed by atoms with Gasteiger partial charge in [0, 0.05) is 5.31 Å². The summed E-state index contributed by atoms with van der Waals surface area (Å²) in [5, 5.41) is 0.918. The molecule has 0 aliphatic heterocycles. The fourth-order valence-electron chi connectivity index (χ4n) is 1.93. The lowest BCUT2D eigenvalue weighted by molar-refractivity contribution is 0.204. The molecule has 0 saturated heterocycles. The van der Waals surface area contributed by atoms with Gasteiger partial charge in [-0.25, -0.2) is 0 Å². The Morgan fingerprint density at radius 2 is 1.72 bits per heavy atom. The quantitative estimate of drug-likeness (QED) is 0.424. The summed E-state index contributed by atoms with van der Waals surface area (Å²) in [6.07, 6.45) is 10.2. The molecular formula is C14H27O3P. The SMILES string of the molecule is CCCCOP(=O)(OCCCC)C1=CCCCC1. The highest BCUT2D eigenvalue weighted by atomic mass is 31.2. The minimum Gasteiger partial charge on any atom is -0.305 e. The molecule has 0 radical (unpaired) electrons. The van der Waals surface area contributed by atoms with Crippen molar-refractivity contribution in [2.24, 2.45) is 0 Å². The van der Waals surface area contributed by atoms with Crippen LogP contribution in [0.15, 0.2) is 11.4 Å². The first kappa shape index (κ1) is 15.9. The summed E-state index contributed by atoms with van der Waals surface area (Å²) in [7, 11) is -2.99. The third kappa shape index (κ3) is 5.26. The Kier molecular flexibility index (Phi) is 7.88. The zero-order chi connectivity index (χ0) is 13.3. The van der Waals surface area contributed by atoms with Crippen molar-refractivity contribution in [3.63, 3.8) is 0 Å². The normalized spacial score (nSPS) is 16.7. The molecule has 0 amide bonds. The zero-order valence-electron chi connectivity index (χ0n) is 11.8. The van der Waals surface area contributed by atoms with E-state index in [0.29, 0.717) is 13.2 Å². The fourth-order valence-corrected chi connectivity index (χ4v) is 3.86. The third-order valence-corrected chi connectivity index (χ3v) is 5.29. The summed E-state index contributed by atoms with van der Waals surface area (Å²) in [5.74, 6) is 0. The van der Waals surface area contributed by atoms with E-state index in [-0.39, 0.29) is 0 Å². The van der Waals surface area contributed by atoms with E-state index in [1.165, 1.54) is 6.42 Å². The molecule has 0 heterocycles. The molecular weight excluding hydrogens is 247 g/mol. The first-order chi connectivity index (χ1) is 8.73. The lowest BCUT2D eigenvalue weighted by Crippen LogP contribution is -2.04. The molecule has 1 rings (SSSR count). The van der Waals surface area contributed by atoms with Crippen molar-refractivity contribution in [1.82, 2.24) is 0 Å². The van der Waals surface area contributed by atoms with Crippen LogP contribution in [-0.4, -0.2) is 13.2 Å². The number of unbranched alkanes of at least 4 members (excludes halogenated alkanes) is 2. The number of rotatable bonds is 9. The topological polar surface area (TPSA) is 35.5 Å². The molecule has 1 aliphatic rings. The molecule has 0 aromatic carbocycles. The summed E-state index contributed by atoms with van der Waals surface area (Å²) in [5.41, 5.74) is 0. The molecule has 1 aliphatic carbocycles. The van der Waals surface area contributed by atoms with Crippen LogP contribution in [0.1, 0.15) is 65.2 Å². The maximum absolute atomic E-state index is 12.8. The van der Waals surface area contributed by atoms with E-state index in [1.807, 2.05) is 0 Å². The predicted octanol–water partition coefficient (Wildman–Crippen LogP) is 5.27. The zero-order valence-corrected chi connectivity index (χ0v) is 12.7. The van der Waals surface area contributed by atoms with E-state index >= 15 is 0 Å². The van der Waals surface area contributed by atoms with Crippen LogP contribution in [-0.2, 0) is 13.6 Å². The van der Waals surface area contributed by atoms with Crippen LogP contribution >= 0.6 is 7.60 Å². The van der Waals surface area contributed by atoms with Crippen LogP contribution in [0.2, 0.25) is 0 Å². The molecule has 0 bridgehead atoms. The Morgan fingerprint density at radius 1 is 1.11 bits per heavy atom. The van der Waals surface area contributed by atoms with Gasteiger partial charge >= 0.3 is 7.60 Å². The smallest absolute Gasteiger partial charge is 0.305 e. The Bertz CT molecular complexity index is 285. The van der Waals surface area contributed by atoms with Gasteiger partial charge in [0.05, 0.1) is 13.2 Å². The van der Waals surface area contributed by atoms with Crippen LogP contribution in [0.3, 0.4) is 0 Å². The lowest BCUT2D eigenvalue weighted by Gasteiger charge is -2.23. The largest absolute Gasteiger partial charge is 0.357 e. The first-order valence-corrected chi connectivity index (χ1v) is 8.86. The predicted molar refractivity (Wildman–Crippen MR) is 75.9 cm³/mol. The first-order valence-electron chi connectivity index (χ1n) is 7.31. The van der Waals surface area contributed by atoms with Gasteiger partial charge in [0.1, 0.15) is 0 Å². The van der Waals surface area contributed by atoms with Crippen molar-refractivity contribution < 1.29 is 13.6 Å². The van der Waals surface area contributed by atoms with Crippen LogP contribution in [0.5, 0.6) is 0 Å². The second-order valence-electron chi connectivity index (χ2n) is 4.81. The minimum atomic E-state index is -2.99. The molecule has 18 heavy (non-hydrogen) atoms. The van der Waals surface area contributed by atoms with E-state index in [0.717, 1.165) is 50.3 Å². The monoisotopic (exact) mass is 274 g/mol. The molecule has 0 saturated carbocycles. The summed E-state index contributed by atoms with van der Waals surface area (Å²) in [4.78, 5) is 0. The summed E-state index contributed by atoms with van der Waals surface area (Å²) in [6, 6.07) is 0. The van der Waals surface area contributed by atoms with Gasteiger partial charge in [-0.15, -0.1) is 0 Å². The van der Waals surface area contributed by atoms with Crippen molar-refractivity contribution in [2.75, 3.05) is 13.2 Å².